The standard InChI is InChI=1S/C13H23N5O/c1-10(2)17(3)9-11-4-6-18(7-5-11)13(19)12-8-14-16-15-12/h8,10-11H,4-7,9H2,1-3H3,(H,14,15,16). The fourth-order valence-corrected chi connectivity index (χ4v) is 2.40. The molecule has 0 saturated carbocycles. The first-order valence-corrected chi connectivity index (χ1v) is 6.93. The van der Waals surface area contributed by atoms with Crippen LogP contribution in [0, 0.1) is 5.92 Å². The van der Waals surface area contributed by atoms with Gasteiger partial charge in [0, 0.05) is 25.7 Å². The molecule has 1 aromatic rings. The predicted molar refractivity (Wildman–Crippen MR) is 72.8 cm³/mol. The number of nitrogens with zero attached hydrogens (tertiary/aromatic N) is 4. The molecular formula is C13H23N5O. The second-order valence-electron chi connectivity index (χ2n) is 5.62. The van der Waals surface area contributed by atoms with Crippen molar-refractivity contribution in [3.8, 4) is 0 Å². The van der Waals surface area contributed by atoms with Crippen molar-refractivity contribution in [1.29, 1.82) is 0 Å². The summed E-state index contributed by atoms with van der Waals surface area (Å²) >= 11 is 0. The van der Waals surface area contributed by atoms with Crippen molar-refractivity contribution in [2.24, 2.45) is 5.92 Å². The monoisotopic (exact) mass is 265 g/mol. The topological polar surface area (TPSA) is 65.1 Å². The summed E-state index contributed by atoms with van der Waals surface area (Å²) in [5, 5.41) is 10.0. The van der Waals surface area contributed by atoms with Crippen molar-refractivity contribution in [2.75, 3.05) is 26.7 Å². The highest BCUT2D eigenvalue weighted by molar-refractivity contribution is 5.91. The molecule has 0 aromatic carbocycles. The normalized spacial score (nSPS) is 17.4. The second-order valence-corrected chi connectivity index (χ2v) is 5.62. The molecule has 106 valence electrons. The molecule has 0 atom stereocenters. The van der Waals surface area contributed by atoms with Gasteiger partial charge in [0.1, 0.15) is 0 Å². The van der Waals surface area contributed by atoms with E-state index in [2.05, 4.69) is 41.2 Å². The zero-order valence-corrected chi connectivity index (χ0v) is 12.0. The van der Waals surface area contributed by atoms with E-state index < -0.39 is 0 Å². The Morgan fingerprint density at radius 1 is 1.53 bits per heavy atom. The average Bonchev–Trinajstić information content (AvgIpc) is 2.92. The van der Waals surface area contributed by atoms with Gasteiger partial charge in [-0.3, -0.25) is 4.79 Å². The highest BCUT2D eigenvalue weighted by Crippen LogP contribution is 2.19. The Hall–Kier alpha value is -1.43. The van der Waals surface area contributed by atoms with Crippen LogP contribution in [-0.4, -0.2) is 63.8 Å². The van der Waals surface area contributed by atoms with E-state index in [1.807, 2.05) is 4.90 Å². The molecule has 0 unspecified atom stereocenters. The maximum Gasteiger partial charge on any atom is 0.276 e. The number of aromatic amines is 1. The summed E-state index contributed by atoms with van der Waals surface area (Å²) in [6.07, 6.45) is 3.63. The van der Waals surface area contributed by atoms with Crippen molar-refractivity contribution < 1.29 is 4.79 Å². The SMILES string of the molecule is CC(C)N(C)CC1CCN(C(=O)c2cn[nH]n2)CC1. The number of piperidine rings is 1. The van der Waals surface area contributed by atoms with E-state index in [4.69, 9.17) is 0 Å². The number of nitrogens with one attached hydrogen (secondary N) is 1. The molecule has 1 aromatic heterocycles. The number of hydrogen-bond donors (Lipinski definition) is 1. The molecule has 1 amide bonds. The fraction of sp³-hybridized carbons (Fsp3) is 0.769. The van der Waals surface area contributed by atoms with Gasteiger partial charge in [0.05, 0.1) is 6.20 Å². The molecule has 1 aliphatic heterocycles. The Kier molecular flexibility index (Phi) is 4.52. The maximum absolute atomic E-state index is 12.1. The lowest BCUT2D eigenvalue weighted by atomic mass is 9.95. The van der Waals surface area contributed by atoms with Crippen LogP contribution in [0.25, 0.3) is 0 Å². The average molecular weight is 265 g/mol. The molecule has 0 spiro atoms. The summed E-state index contributed by atoms with van der Waals surface area (Å²) < 4.78 is 0. The molecule has 2 heterocycles. The first-order chi connectivity index (χ1) is 9.08. The van der Waals surface area contributed by atoms with Crippen LogP contribution < -0.4 is 0 Å². The maximum atomic E-state index is 12.1. The van der Waals surface area contributed by atoms with E-state index in [0.29, 0.717) is 17.7 Å². The molecule has 1 N–H and O–H groups in total. The van der Waals surface area contributed by atoms with Crippen LogP contribution in [-0.2, 0) is 0 Å². The minimum Gasteiger partial charge on any atom is -0.337 e. The smallest absolute Gasteiger partial charge is 0.276 e. The van der Waals surface area contributed by atoms with Crippen LogP contribution in [0.2, 0.25) is 0 Å². The van der Waals surface area contributed by atoms with Crippen molar-refractivity contribution >= 4 is 5.91 Å². The lowest BCUT2D eigenvalue weighted by Crippen LogP contribution is -2.42. The van der Waals surface area contributed by atoms with Crippen molar-refractivity contribution in [2.45, 2.75) is 32.7 Å². The van der Waals surface area contributed by atoms with Gasteiger partial charge in [0.2, 0.25) is 0 Å². The summed E-state index contributed by atoms with van der Waals surface area (Å²) in [5.74, 6) is 0.679. The number of hydrogen-bond acceptors (Lipinski definition) is 4. The fourth-order valence-electron chi connectivity index (χ4n) is 2.40. The predicted octanol–water partition coefficient (Wildman–Crippen LogP) is 0.997. The summed E-state index contributed by atoms with van der Waals surface area (Å²) in [5.41, 5.74) is 0.415. The molecule has 0 bridgehead atoms. The van der Waals surface area contributed by atoms with Crippen LogP contribution in [0.5, 0.6) is 0 Å². The minimum atomic E-state index is -0.00980. The second kappa shape index (κ2) is 6.14. The molecule has 6 heteroatoms. The van der Waals surface area contributed by atoms with Gasteiger partial charge in [-0.2, -0.15) is 15.4 Å². The number of H-pyrrole nitrogens is 1. The van der Waals surface area contributed by atoms with Crippen LogP contribution in [0.4, 0.5) is 0 Å². The van der Waals surface area contributed by atoms with Crippen LogP contribution >= 0.6 is 0 Å². The first-order valence-electron chi connectivity index (χ1n) is 6.93. The Morgan fingerprint density at radius 3 is 2.74 bits per heavy atom. The van der Waals surface area contributed by atoms with Crippen LogP contribution in [0.3, 0.4) is 0 Å². The van der Waals surface area contributed by atoms with Crippen LogP contribution in [0.15, 0.2) is 6.20 Å². The Bertz CT molecular complexity index is 395. The van der Waals surface area contributed by atoms with E-state index in [9.17, 15) is 4.79 Å². The van der Waals surface area contributed by atoms with Gasteiger partial charge >= 0.3 is 0 Å². The molecule has 1 fully saturated rings. The van der Waals surface area contributed by atoms with Gasteiger partial charge < -0.3 is 9.80 Å². The molecule has 0 radical (unpaired) electrons. The van der Waals surface area contributed by atoms with Gasteiger partial charge in [-0.25, -0.2) is 0 Å². The van der Waals surface area contributed by atoms with E-state index in [-0.39, 0.29) is 5.91 Å². The van der Waals surface area contributed by atoms with Crippen LogP contribution in [0.1, 0.15) is 37.2 Å². The van der Waals surface area contributed by atoms with Gasteiger partial charge in [0.15, 0.2) is 5.69 Å². The number of aromatic nitrogens is 3. The summed E-state index contributed by atoms with van der Waals surface area (Å²) in [6.45, 7) is 7.18. The number of carbonyl (C=O) groups excluding carboxylic acids is 1. The zero-order chi connectivity index (χ0) is 13.8. The van der Waals surface area contributed by atoms with E-state index in [1.165, 1.54) is 6.20 Å². The molecule has 1 saturated heterocycles. The Morgan fingerprint density at radius 2 is 2.21 bits per heavy atom. The number of rotatable bonds is 4. The van der Waals surface area contributed by atoms with E-state index >= 15 is 0 Å². The van der Waals surface area contributed by atoms with Gasteiger partial charge in [0.25, 0.3) is 5.91 Å². The molecule has 0 aliphatic carbocycles. The quantitative estimate of drug-likeness (QED) is 0.882. The van der Waals surface area contributed by atoms with Crippen molar-refractivity contribution in [1.82, 2.24) is 25.2 Å². The van der Waals surface area contributed by atoms with Crippen molar-refractivity contribution in [3.05, 3.63) is 11.9 Å². The first kappa shape index (κ1) is 14.0. The number of likely N-dealkylation sites (tertiary alicyclic amines) is 1. The minimum absolute atomic E-state index is 0.00980. The molecular weight excluding hydrogens is 242 g/mol. The zero-order valence-electron chi connectivity index (χ0n) is 12.0. The molecule has 19 heavy (non-hydrogen) atoms. The Balaban J connectivity index is 1.81. The van der Waals surface area contributed by atoms with Gasteiger partial charge in [-0.1, -0.05) is 0 Å². The third-order valence-electron chi connectivity index (χ3n) is 3.96. The van der Waals surface area contributed by atoms with E-state index in [0.717, 1.165) is 32.5 Å². The molecule has 6 nitrogen and oxygen atoms in total. The summed E-state index contributed by atoms with van der Waals surface area (Å²) in [7, 11) is 2.16. The Labute approximate surface area is 114 Å². The lowest BCUT2D eigenvalue weighted by molar-refractivity contribution is 0.0660. The third kappa shape index (κ3) is 3.53. The van der Waals surface area contributed by atoms with Gasteiger partial charge in [-0.05, 0) is 39.7 Å². The summed E-state index contributed by atoms with van der Waals surface area (Å²) in [4.78, 5) is 16.3. The number of carbonyl (C=O) groups is 1. The third-order valence-corrected chi connectivity index (χ3v) is 3.96. The highest BCUT2D eigenvalue weighted by atomic mass is 16.2. The number of amides is 1. The van der Waals surface area contributed by atoms with Crippen molar-refractivity contribution in [3.63, 3.8) is 0 Å². The summed E-state index contributed by atoms with van der Waals surface area (Å²) in [6, 6.07) is 0.579. The largest absolute Gasteiger partial charge is 0.337 e. The van der Waals surface area contributed by atoms with E-state index in [1.54, 1.807) is 0 Å². The highest BCUT2D eigenvalue weighted by Gasteiger charge is 2.25. The lowest BCUT2D eigenvalue weighted by Gasteiger charge is -2.34. The molecule has 2 rings (SSSR count). The van der Waals surface area contributed by atoms with Gasteiger partial charge in [-0.15, -0.1) is 0 Å². The molecule has 1 aliphatic rings.